The molecule has 0 bridgehead atoms. The van der Waals surface area contributed by atoms with Gasteiger partial charge < -0.3 is 19.7 Å². The van der Waals surface area contributed by atoms with Gasteiger partial charge in [-0.2, -0.15) is 0 Å². The predicted molar refractivity (Wildman–Crippen MR) is 63.3 cm³/mol. The average molecular weight is 218 g/mol. The molecule has 0 aromatic heterocycles. The van der Waals surface area contributed by atoms with Crippen LogP contribution in [-0.4, -0.2) is 65.1 Å². The van der Waals surface area contributed by atoms with E-state index in [1.54, 1.807) is 7.11 Å². The minimum Gasteiger partial charge on any atom is -0.385 e. The molecule has 1 atom stereocenters. The van der Waals surface area contributed by atoms with Gasteiger partial charge in [-0.3, -0.25) is 0 Å². The fourth-order valence-corrected chi connectivity index (χ4v) is 1.12. The Morgan fingerprint density at radius 1 is 1.20 bits per heavy atom. The molecule has 0 saturated heterocycles. The molecule has 0 radical (unpaired) electrons. The van der Waals surface area contributed by atoms with E-state index >= 15 is 0 Å². The lowest BCUT2D eigenvalue weighted by atomic mass is 10.2. The molecule has 92 valence electrons. The first kappa shape index (κ1) is 14.8. The van der Waals surface area contributed by atoms with Crippen molar-refractivity contribution in [1.82, 2.24) is 10.2 Å². The molecule has 0 aliphatic rings. The van der Waals surface area contributed by atoms with Gasteiger partial charge in [-0.1, -0.05) is 0 Å². The van der Waals surface area contributed by atoms with Gasteiger partial charge in [-0.15, -0.1) is 0 Å². The van der Waals surface area contributed by atoms with E-state index < -0.39 is 0 Å². The number of nitrogens with one attached hydrogen (secondary N) is 1. The highest BCUT2D eigenvalue weighted by atomic mass is 16.5. The normalized spacial score (nSPS) is 13.4. The molecule has 0 amide bonds. The summed E-state index contributed by atoms with van der Waals surface area (Å²) in [5.41, 5.74) is 0. The zero-order valence-corrected chi connectivity index (χ0v) is 10.6. The Labute approximate surface area is 93.9 Å². The number of ether oxygens (including phenoxy) is 2. The number of likely N-dealkylation sites (N-methyl/N-ethyl adjacent to an activating group) is 1. The maximum atomic E-state index is 5.46. The molecule has 4 nitrogen and oxygen atoms in total. The third-order valence-electron chi connectivity index (χ3n) is 2.18. The second kappa shape index (κ2) is 10.4. The first-order valence-corrected chi connectivity index (χ1v) is 5.61. The summed E-state index contributed by atoms with van der Waals surface area (Å²) in [7, 11) is 5.83. The fraction of sp³-hybridized carbons (Fsp3) is 1.00. The Kier molecular flexibility index (Phi) is 10.3. The van der Waals surface area contributed by atoms with Crippen LogP contribution in [0.5, 0.6) is 0 Å². The number of hydrogen-bond donors (Lipinski definition) is 1. The fourth-order valence-electron chi connectivity index (χ4n) is 1.12. The lowest BCUT2D eigenvalue weighted by molar-refractivity contribution is 0.116. The zero-order chi connectivity index (χ0) is 11.5. The van der Waals surface area contributed by atoms with Crippen LogP contribution in [0.1, 0.15) is 13.3 Å². The van der Waals surface area contributed by atoms with Crippen molar-refractivity contribution in [1.29, 1.82) is 0 Å². The largest absolute Gasteiger partial charge is 0.385 e. The molecule has 0 saturated carbocycles. The van der Waals surface area contributed by atoms with Crippen LogP contribution >= 0.6 is 0 Å². The van der Waals surface area contributed by atoms with Gasteiger partial charge in [0.15, 0.2) is 0 Å². The van der Waals surface area contributed by atoms with Crippen LogP contribution < -0.4 is 5.32 Å². The van der Waals surface area contributed by atoms with E-state index in [0.717, 1.165) is 39.3 Å². The molecule has 0 aromatic carbocycles. The Morgan fingerprint density at radius 2 is 1.93 bits per heavy atom. The zero-order valence-electron chi connectivity index (χ0n) is 10.6. The number of methoxy groups -OCH3 is 1. The van der Waals surface area contributed by atoms with Crippen molar-refractivity contribution in [3.8, 4) is 0 Å². The van der Waals surface area contributed by atoms with E-state index in [0.29, 0.717) is 6.04 Å². The van der Waals surface area contributed by atoms with Crippen LogP contribution in [0.15, 0.2) is 0 Å². The summed E-state index contributed by atoms with van der Waals surface area (Å²) < 4.78 is 10.5. The second-order valence-corrected chi connectivity index (χ2v) is 4.05. The quantitative estimate of drug-likeness (QED) is 0.544. The molecular weight excluding hydrogens is 192 g/mol. The first-order chi connectivity index (χ1) is 7.16. The molecule has 0 rings (SSSR count). The summed E-state index contributed by atoms with van der Waals surface area (Å²) in [6, 6.07) is 0.502. The summed E-state index contributed by atoms with van der Waals surface area (Å²) in [5.74, 6) is 0. The van der Waals surface area contributed by atoms with Crippen LogP contribution in [0, 0.1) is 0 Å². The van der Waals surface area contributed by atoms with Crippen molar-refractivity contribution < 1.29 is 9.47 Å². The minimum atomic E-state index is 0.502. The summed E-state index contributed by atoms with van der Waals surface area (Å²) in [4.78, 5) is 2.12. The minimum absolute atomic E-state index is 0.502. The number of rotatable bonds is 10. The summed E-state index contributed by atoms with van der Waals surface area (Å²) in [6.07, 6.45) is 1.05. The van der Waals surface area contributed by atoms with Gasteiger partial charge in [-0.05, 0) is 27.4 Å². The van der Waals surface area contributed by atoms with Crippen molar-refractivity contribution in [2.24, 2.45) is 0 Å². The Balaban J connectivity index is 3.09. The summed E-state index contributed by atoms with van der Waals surface area (Å²) >= 11 is 0. The van der Waals surface area contributed by atoms with Gasteiger partial charge in [0.25, 0.3) is 0 Å². The molecule has 0 aliphatic heterocycles. The lowest BCUT2D eigenvalue weighted by Crippen LogP contribution is -2.31. The van der Waals surface area contributed by atoms with Crippen molar-refractivity contribution in [3.63, 3.8) is 0 Å². The predicted octanol–water partition coefficient (Wildman–Crippen LogP) is 0.579. The highest BCUT2D eigenvalue weighted by Crippen LogP contribution is 1.89. The van der Waals surface area contributed by atoms with Crippen molar-refractivity contribution in [2.45, 2.75) is 19.4 Å². The van der Waals surface area contributed by atoms with Crippen LogP contribution in [0.2, 0.25) is 0 Å². The van der Waals surface area contributed by atoms with Crippen molar-refractivity contribution >= 4 is 0 Å². The number of nitrogens with zero attached hydrogens (tertiary/aromatic N) is 1. The lowest BCUT2D eigenvalue weighted by Gasteiger charge is -2.14. The molecule has 1 N–H and O–H groups in total. The third-order valence-corrected chi connectivity index (χ3v) is 2.18. The van der Waals surface area contributed by atoms with E-state index in [4.69, 9.17) is 9.47 Å². The van der Waals surface area contributed by atoms with Crippen molar-refractivity contribution in [3.05, 3.63) is 0 Å². The van der Waals surface area contributed by atoms with Crippen molar-refractivity contribution in [2.75, 3.05) is 54.1 Å². The van der Waals surface area contributed by atoms with Gasteiger partial charge in [0, 0.05) is 32.8 Å². The molecule has 0 fully saturated rings. The Morgan fingerprint density at radius 3 is 2.53 bits per heavy atom. The van der Waals surface area contributed by atoms with Gasteiger partial charge >= 0.3 is 0 Å². The van der Waals surface area contributed by atoms with E-state index in [1.807, 2.05) is 0 Å². The van der Waals surface area contributed by atoms with E-state index in [9.17, 15) is 0 Å². The van der Waals surface area contributed by atoms with Crippen LogP contribution in [0.3, 0.4) is 0 Å². The van der Waals surface area contributed by atoms with Crippen LogP contribution in [0.25, 0.3) is 0 Å². The first-order valence-electron chi connectivity index (χ1n) is 5.61. The molecule has 0 aliphatic carbocycles. The maximum absolute atomic E-state index is 5.46. The molecule has 0 heterocycles. The highest BCUT2D eigenvalue weighted by molar-refractivity contribution is 4.59. The van der Waals surface area contributed by atoms with Gasteiger partial charge in [0.1, 0.15) is 0 Å². The van der Waals surface area contributed by atoms with E-state index in [-0.39, 0.29) is 0 Å². The van der Waals surface area contributed by atoms with E-state index in [2.05, 4.69) is 31.2 Å². The molecule has 0 spiro atoms. The standard InChI is InChI=1S/C11H26N2O2/c1-11(5-8-14-4)12-6-9-15-10-7-13(2)3/h11-12H,5-10H2,1-4H3. The van der Waals surface area contributed by atoms with Crippen LogP contribution in [-0.2, 0) is 9.47 Å². The molecular formula is C11H26N2O2. The molecule has 0 aromatic rings. The van der Waals surface area contributed by atoms with E-state index in [1.165, 1.54) is 0 Å². The summed E-state index contributed by atoms with van der Waals surface area (Å²) in [5, 5.41) is 3.39. The monoisotopic (exact) mass is 218 g/mol. The Bertz CT molecular complexity index is 132. The average Bonchev–Trinajstić information content (AvgIpc) is 2.19. The van der Waals surface area contributed by atoms with Gasteiger partial charge in [-0.25, -0.2) is 0 Å². The number of hydrogen-bond acceptors (Lipinski definition) is 4. The summed E-state index contributed by atoms with van der Waals surface area (Å²) in [6.45, 7) is 6.47. The molecule has 1 unspecified atom stereocenters. The molecule has 15 heavy (non-hydrogen) atoms. The third kappa shape index (κ3) is 11.8. The molecule has 4 heteroatoms. The topological polar surface area (TPSA) is 33.7 Å². The SMILES string of the molecule is COCCC(C)NCCOCCN(C)C. The van der Waals surface area contributed by atoms with Gasteiger partial charge in [0.2, 0.25) is 0 Å². The second-order valence-electron chi connectivity index (χ2n) is 4.05. The smallest absolute Gasteiger partial charge is 0.0593 e. The highest BCUT2D eigenvalue weighted by Gasteiger charge is 1.99. The van der Waals surface area contributed by atoms with Crippen LogP contribution in [0.4, 0.5) is 0 Å². The Hall–Kier alpha value is -0.160. The maximum Gasteiger partial charge on any atom is 0.0593 e. The van der Waals surface area contributed by atoms with Gasteiger partial charge in [0.05, 0.1) is 13.2 Å².